The summed E-state index contributed by atoms with van der Waals surface area (Å²) in [5, 5.41) is 11.5. The van der Waals surface area contributed by atoms with Crippen molar-refractivity contribution in [2.75, 3.05) is 0 Å². The first-order valence-corrected chi connectivity index (χ1v) is 8.05. The molecule has 0 saturated heterocycles. The highest BCUT2D eigenvalue weighted by atomic mass is 16.4. The van der Waals surface area contributed by atoms with Crippen molar-refractivity contribution in [1.29, 1.82) is 0 Å². The van der Waals surface area contributed by atoms with Crippen LogP contribution in [0.15, 0.2) is 0 Å². The second kappa shape index (κ2) is 12.4. The zero-order valence-corrected chi connectivity index (χ0v) is 13.3. The molecule has 0 aromatic carbocycles. The number of hydrogen-bond donors (Lipinski definition) is 2. The largest absolute Gasteiger partial charge is 0.480 e. The minimum atomic E-state index is -1.14. The van der Waals surface area contributed by atoms with Gasteiger partial charge in [0.1, 0.15) is 11.8 Å². The third-order valence-corrected chi connectivity index (χ3v) is 3.38. The highest BCUT2D eigenvalue weighted by Gasteiger charge is 2.22. The first-order chi connectivity index (χ1) is 10.0. The van der Waals surface area contributed by atoms with Crippen molar-refractivity contribution in [3.63, 3.8) is 0 Å². The van der Waals surface area contributed by atoms with Crippen molar-refractivity contribution in [1.82, 2.24) is 5.32 Å². The van der Waals surface area contributed by atoms with Crippen molar-refractivity contribution in [2.24, 2.45) is 0 Å². The van der Waals surface area contributed by atoms with Crippen LogP contribution in [0.1, 0.15) is 78.1 Å². The molecule has 5 nitrogen and oxygen atoms in total. The topological polar surface area (TPSA) is 83.5 Å². The maximum Gasteiger partial charge on any atom is 0.326 e. The Kier molecular flexibility index (Phi) is 11.5. The summed E-state index contributed by atoms with van der Waals surface area (Å²) in [4.78, 5) is 34.5. The Balaban J connectivity index is 4.08. The molecule has 0 fully saturated rings. The third kappa shape index (κ3) is 11.0. The molecule has 2 N–H and O–H groups in total. The van der Waals surface area contributed by atoms with Gasteiger partial charge in [-0.3, -0.25) is 9.59 Å². The fraction of sp³-hybridized carbons (Fsp3) is 0.812. The van der Waals surface area contributed by atoms with Crippen molar-refractivity contribution in [3.05, 3.63) is 0 Å². The van der Waals surface area contributed by atoms with Crippen LogP contribution in [0.2, 0.25) is 0 Å². The Morgan fingerprint density at radius 2 is 1.48 bits per heavy atom. The van der Waals surface area contributed by atoms with Crippen LogP contribution in [0.4, 0.5) is 0 Å². The number of carbonyl (C=O) groups is 3. The summed E-state index contributed by atoms with van der Waals surface area (Å²) in [5.41, 5.74) is 0. The molecule has 1 atom stereocenters. The Hall–Kier alpha value is -1.39. The lowest BCUT2D eigenvalue weighted by Crippen LogP contribution is -2.42. The molecule has 0 unspecified atom stereocenters. The van der Waals surface area contributed by atoms with Gasteiger partial charge in [0.25, 0.3) is 0 Å². The van der Waals surface area contributed by atoms with E-state index in [1.54, 1.807) is 0 Å². The van der Waals surface area contributed by atoms with Gasteiger partial charge < -0.3 is 10.4 Å². The molecular formula is C16H29NO4. The lowest BCUT2D eigenvalue weighted by molar-refractivity contribution is -0.143. The summed E-state index contributed by atoms with van der Waals surface area (Å²) in [7, 11) is 0. The summed E-state index contributed by atoms with van der Waals surface area (Å²) < 4.78 is 0. The Morgan fingerprint density at radius 1 is 0.905 bits per heavy atom. The average Bonchev–Trinajstić information content (AvgIpc) is 2.43. The van der Waals surface area contributed by atoms with E-state index in [0.717, 1.165) is 44.9 Å². The monoisotopic (exact) mass is 299 g/mol. The quantitative estimate of drug-likeness (QED) is 0.512. The Labute approximate surface area is 127 Å². The summed E-state index contributed by atoms with van der Waals surface area (Å²) in [6.07, 6.45) is 7.27. The predicted molar refractivity (Wildman–Crippen MR) is 82.1 cm³/mol. The molecule has 21 heavy (non-hydrogen) atoms. The lowest BCUT2D eigenvalue weighted by Gasteiger charge is -2.14. The van der Waals surface area contributed by atoms with Gasteiger partial charge in [-0.15, -0.1) is 0 Å². The van der Waals surface area contributed by atoms with Gasteiger partial charge in [-0.05, 0) is 12.8 Å². The number of carboxylic acid groups (broad SMARTS) is 1. The molecule has 0 aliphatic rings. The first kappa shape index (κ1) is 19.6. The minimum Gasteiger partial charge on any atom is -0.480 e. The maximum atomic E-state index is 11.7. The molecule has 0 heterocycles. The van der Waals surface area contributed by atoms with Gasteiger partial charge in [0, 0.05) is 19.3 Å². The molecule has 122 valence electrons. The molecule has 0 aromatic heterocycles. The van der Waals surface area contributed by atoms with Crippen molar-refractivity contribution >= 4 is 17.7 Å². The van der Waals surface area contributed by atoms with Crippen LogP contribution < -0.4 is 5.32 Å². The zero-order chi connectivity index (χ0) is 16.1. The molecule has 0 radical (unpaired) electrons. The number of hydrogen-bond acceptors (Lipinski definition) is 3. The summed E-state index contributed by atoms with van der Waals surface area (Å²) >= 11 is 0. The van der Waals surface area contributed by atoms with Crippen LogP contribution in [0.5, 0.6) is 0 Å². The van der Waals surface area contributed by atoms with Gasteiger partial charge in [-0.25, -0.2) is 4.79 Å². The van der Waals surface area contributed by atoms with Gasteiger partial charge in [0.2, 0.25) is 5.91 Å². The van der Waals surface area contributed by atoms with Crippen LogP contribution in [-0.4, -0.2) is 28.8 Å². The molecule has 0 saturated carbocycles. The third-order valence-electron chi connectivity index (χ3n) is 3.38. The van der Waals surface area contributed by atoms with E-state index in [9.17, 15) is 14.4 Å². The van der Waals surface area contributed by atoms with Gasteiger partial charge >= 0.3 is 5.97 Å². The van der Waals surface area contributed by atoms with Crippen LogP contribution >= 0.6 is 0 Å². The van der Waals surface area contributed by atoms with E-state index in [0.29, 0.717) is 12.8 Å². The van der Waals surface area contributed by atoms with Crippen LogP contribution in [-0.2, 0) is 14.4 Å². The Bertz CT molecular complexity index is 328. The molecule has 0 aliphatic carbocycles. The van der Waals surface area contributed by atoms with E-state index in [2.05, 4.69) is 12.2 Å². The van der Waals surface area contributed by atoms with Crippen molar-refractivity contribution in [3.8, 4) is 0 Å². The van der Waals surface area contributed by atoms with Gasteiger partial charge in [0.15, 0.2) is 0 Å². The number of nitrogens with one attached hydrogen (secondary N) is 1. The normalized spacial score (nSPS) is 11.9. The fourth-order valence-electron chi connectivity index (χ4n) is 2.08. The molecule has 0 rings (SSSR count). The highest BCUT2D eigenvalue weighted by Crippen LogP contribution is 2.06. The van der Waals surface area contributed by atoms with E-state index < -0.39 is 12.0 Å². The maximum absolute atomic E-state index is 11.7. The van der Waals surface area contributed by atoms with Crippen molar-refractivity contribution < 1.29 is 19.5 Å². The number of unbranched alkanes of at least 4 members (excludes halogenated alkanes) is 5. The van der Waals surface area contributed by atoms with Crippen LogP contribution in [0.3, 0.4) is 0 Å². The van der Waals surface area contributed by atoms with Gasteiger partial charge in [-0.2, -0.15) is 0 Å². The van der Waals surface area contributed by atoms with E-state index in [1.807, 2.05) is 6.92 Å². The number of ketones is 1. The zero-order valence-electron chi connectivity index (χ0n) is 13.3. The minimum absolute atomic E-state index is 0.0952. The van der Waals surface area contributed by atoms with Crippen molar-refractivity contribution in [2.45, 2.75) is 84.1 Å². The fourth-order valence-corrected chi connectivity index (χ4v) is 2.08. The predicted octanol–water partition coefficient (Wildman–Crippen LogP) is 3.07. The van der Waals surface area contributed by atoms with Crippen LogP contribution in [0, 0.1) is 0 Å². The van der Waals surface area contributed by atoms with E-state index in [4.69, 9.17) is 5.11 Å². The summed E-state index contributed by atoms with van der Waals surface area (Å²) in [5.74, 6) is -1.51. The number of carboxylic acids is 1. The smallest absolute Gasteiger partial charge is 0.326 e. The molecular weight excluding hydrogens is 270 g/mol. The average molecular weight is 299 g/mol. The number of carbonyl (C=O) groups excluding carboxylic acids is 2. The molecule has 0 bridgehead atoms. The Morgan fingerprint density at radius 3 is 2.05 bits per heavy atom. The van der Waals surface area contributed by atoms with Crippen LogP contribution in [0.25, 0.3) is 0 Å². The molecule has 0 spiro atoms. The lowest BCUT2D eigenvalue weighted by atomic mass is 10.0. The highest BCUT2D eigenvalue weighted by molar-refractivity contribution is 5.89. The number of rotatable bonds is 13. The van der Waals surface area contributed by atoms with Gasteiger partial charge in [0.05, 0.1) is 0 Å². The number of amides is 1. The molecule has 0 aromatic rings. The van der Waals surface area contributed by atoms with E-state index in [1.165, 1.54) is 0 Å². The second-order valence-electron chi connectivity index (χ2n) is 5.47. The molecule has 5 heteroatoms. The standard InChI is InChI=1S/C16H29NO4/c1-3-5-7-9-11-15(19)17-14(16(20)21)12-13(18)10-8-6-4-2/h14H,3-12H2,1-2H3,(H,17,19)(H,20,21)/t14-/m0/s1. The summed E-state index contributed by atoms with van der Waals surface area (Å²) in [6.45, 7) is 4.13. The number of Topliss-reactive ketones (excluding diaryl/α,β-unsaturated/α-hetero) is 1. The SMILES string of the molecule is CCCCCCC(=O)N[C@@H](CC(=O)CCCCC)C(=O)O. The molecule has 0 aliphatic heterocycles. The molecule has 1 amide bonds. The second-order valence-corrected chi connectivity index (χ2v) is 5.47. The first-order valence-electron chi connectivity index (χ1n) is 8.05. The summed E-state index contributed by atoms with van der Waals surface area (Å²) in [6, 6.07) is -1.09. The van der Waals surface area contributed by atoms with E-state index in [-0.39, 0.29) is 18.1 Å². The van der Waals surface area contributed by atoms with E-state index >= 15 is 0 Å². The number of aliphatic carboxylic acids is 1. The van der Waals surface area contributed by atoms with Gasteiger partial charge in [-0.1, -0.05) is 46.0 Å².